The molecule has 0 bridgehead atoms. The van der Waals surface area contributed by atoms with Crippen LogP contribution < -0.4 is 0 Å². The normalized spacial score (nSPS) is 20.9. The van der Waals surface area contributed by atoms with Gasteiger partial charge in [0, 0.05) is 17.3 Å². The molecule has 0 spiro atoms. The van der Waals surface area contributed by atoms with Crippen molar-refractivity contribution in [2.75, 3.05) is 0 Å². The number of benzene rings is 3. The molecule has 5 nitrogen and oxygen atoms in total. The number of hydrogen-bond acceptors (Lipinski definition) is 4. The van der Waals surface area contributed by atoms with Crippen molar-refractivity contribution in [2.24, 2.45) is 5.16 Å². The van der Waals surface area contributed by atoms with E-state index < -0.39 is 18.2 Å². The van der Waals surface area contributed by atoms with Crippen molar-refractivity contribution in [1.82, 2.24) is 4.90 Å². The van der Waals surface area contributed by atoms with Crippen molar-refractivity contribution >= 4 is 11.8 Å². The average molecular weight is 434 g/mol. The highest BCUT2D eigenvalue weighted by molar-refractivity contribution is 5.95. The lowest BCUT2D eigenvalue weighted by atomic mass is 9.98. The van der Waals surface area contributed by atoms with E-state index in [9.17, 15) is 4.79 Å². The first-order valence-electron chi connectivity index (χ1n) is 10.8. The Hall–Kier alpha value is -4.30. The van der Waals surface area contributed by atoms with Gasteiger partial charge < -0.3 is 9.57 Å². The van der Waals surface area contributed by atoms with Crippen LogP contribution in [0.5, 0.6) is 0 Å². The fourth-order valence-corrected chi connectivity index (χ4v) is 3.84. The molecule has 0 unspecified atom stereocenters. The first-order chi connectivity index (χ1) is 16.3. The molecular weight excluding hydrogens is 412 g/mol. The molecule has 3 atom stereocenters. The van der Waals surface area contributed by atoms with Gasteiger partial charge in [-0.2, -0.15) is 0 Å². The van der Waals surface area contributed by atoms with Crippen LogP contribution in [0.25, 0.3) is 0 Å². The summed E-state index contributed by atoms with van der Waals surface area (Å²) in [5.74, 6) is 6.76. The predicted molar refractivity (Wildman–Crippen MR) is 126 cm³/mol. The number of carbonyl (C=O) groups excluding carboxylic acids is 1. The molecule has 0 N–H and O–H groups in total. The van der Waals surface area contributed by atoms with Crippen molar-refractivity contribution in [3.63, 3.8) is 0 Å². The summed E-state index contributed by atoms with van der Waals surface area (Å²) in [5, 5.41) is 4.24. The van der Waals surface area contributed by atoms with E-state index >= 15 is 0 Å². The summed E-state index contributed by atoms with van der Waals surface area (Å²) in [6.07, 6.45) is 3.18. The monoisotopic (exact) mass is 434 g/mol. The Labute approximate surface area is 192 Å². The maximum Gasteiger partial charge on any atom is 0.258 e. The Kier molecular flexibility index (Phi) is 5.90. The molecule has 5 heteroatoms. The Bertz CT molecular complexity index is 1230. The van der Waals surface area contributed by atoms with E-state index in [-0.39, 0.29) is 5.91 Å². The van der Waals surface area contributed by atoms with Crippen LogP contribution in [0.1, 0.15) is 21.5 Å². The number of carbonyl (C=O) groups is 1. The molecule has 3 aromatic rings. The molecule has 0 fully saturated rings. The van der Waals surface area contributed by atoms with Crippen molar-refractivity contribution in [3.8, 4) is 11.8 Å². The van der Waals surface area contributed by atoms with Gasteiger partial charge in [-0.15, -0.1) is 0 Å². The maximum absolute atomic E-state index is 13.3. The predicted octanol–water partition coefficient (Wildman–Crippen LogP) is 4.42. The van der Waals surface area contributed by atoms with Gasteiger partial charge in [-0.05, 0) is 35.9 Å². The Balaban J connectivity index is 1.43. The standard InChI is InChI=1S/C28H22N2O3/c31-28(23-14-8-3-9-15-23)30-19-18-25-27(24(30)17-16-21-10-4-1-5-11-21)33-29-26(32-25)20-22-12-6-2-7-13-22/h1-15,18-19,24-25,27H,20H2/t24-,25+,27-/m0/s1. The van der Waals surface area contributed by atoms with E-state index in [1.54, 1.807) is 23.2 Å². The van der Waals surface area contributed by atoms with Gasteiger partial charge in [0.15, 0.2) is 12.2 Å². The zero-order valence-corrected chi connectivity index (χ0v) is 17.9. The van der Waals surface area contributed by atoms with Gasteiger partial charge in [0.1, 0.15) is 6.04 Å². The highest BCUT2D eigenvalue weighted by atomic mass is 16.7. The van der Waals surface area contributed by atoms with E-state index in [0.717, 1.165) is 11.1 Å². The highest BCUT2D eigenvalue weighted by Crippen LogP contribution is 2.27. The Morgan fingerprint density at radius 2 is 1.58 bits per heavy atom. The number of nitrogens with zero attached hydrogens (tertiary/aromatic N) is 2. The lowest BCUT2D eigenvalue weighted by Gasteiger charge is -2.39. The lowest BCUT2D eigenvalue weighted by molar-refractivity contribution is -0.0706. The van der Waals surface area contributed by atoms with Crippen LogP contribution >= 0.6 is 0 Å². The van der Waals surface area contributed by atoms with Crippen LogP contribution in [0.3, 0.4) is 0 Å². The first-order valence-corrected chi connectivity index (χ1v) is 10.8. The molecule has 0 aliphatic carbocycles. The third-order valence-corrected chi connectivity index (χ3v) is 5.51. The maximum atomic E-state index is 13.3. The lowest BCUT2D eigenvalue weighted by Crippen LogP contribution is -2.54. The van der Waals surface area contributed by atoms with Crippen LogP contribution in [0.2, 0.25) is 0 Å². The quantitative estimate of drug-likeness (QED) is 0.574. The largest absolute Gasteiger partial charge is 0.467 e. The van der Waals surface area contributed by atoms with Gasteiger partial charge in [0.05, 0.1) is 6.42 Å². The van der Waals surface area contributed by atoms with E-state index in [4.69, 9.17) is 9.57 Å². The molecule has 1 amide bonds. The van der Waals surface area contributed by atoms with E-state index in [0.29, 0.717) is 17.9 Å². The fraction of sp³-hybridized carbons (Fsp3) is 0.143. The summed E-state index contributed by atoms with van der Waals surface area (Å²) in [6.45, 7) is 0. The summed E-state index contributed by atoms with van der Waals surface area (Å²) < 4.78 is 6.14. The smallest absolute Gasteiger partial charge is 0.258 e. The molecule has 2 aliphatic rings. The highest BCUT2D eigenvalue weighted by Gasteiger charge is 2.42. The number of hydrogen-bond donors (Lipinski definition) is 0. The Morgan fingerprint density at radius 3 is 2.30 bits per heavy atom. The van der Waals surface area contributed by atoms with Gasteiger partial charge in [0.2, 0.25) is 5.90 Å². The van der Waals surface area contributed by atoms with Crippen LogP contribution in [0.4, 0.5) is 0 Å². The van der Waals surface area contributed by atoms with E-state index in [1.165, 1.54) is 0 Å². The molecule has 5 rings (SSSR count). The minimum absolute atomic E-state index is 0.152. The second-order valence-corrected chi connectivity index (χ2v) is 7.80. The fourth-order valence-electron chi connectivity index (χ4n) is 3.84. The summed E-state index contributed by atoms with van der Waals surface area (Å²) in [5.41, 5.74) is 2.53. The van der Waals surface area contributed by atoms with Crippen LogP contribution in [-0.2, 0) is 16.0 Å². The number of fused-ring (bicyclic) bond motifs is 1. The average Bonchev–Trinajstić information content (AvgIpc) is 2.88. The van der Waals surface area contributed by atoms with Crippen LogP contribution in [-0.4, -0.2) is 35.0 Å². The third-order valence-electron chi connectivity index (χ3n) is 5.51. The summed E-state index contributed by atoms with van der Waals surface area (Å²) in [7, 11) is 0. The van der Waals surface area contributed by atoms with Gasteiger partial charge in [-0.25, -0.2) is 0 Å². The van der Waals surface area contributed by atoms with Crippen molar-refractivity contribution in [1.29, 1.82) is 0 Å². The van der Waals surface area contributed by atoms with Gasteiger partial charge in [0.25, 0.3) is 5.91 Å². The zero-order valence-electron chi connectivity index (χ0n) is 17.9. The molecule has 2 heterocycles. The SMILES string of the molecule is O=C(c1ccccc1)N1C=C[C@H]2OC(Cc3ccccc3)=NO[C@H]2[C@@H]1C#Cc1ccccc1. The number of ether oxygens (including phenoxy) is 1. The molecule has 2 aliphatic heterocycles. The molecule has 162 valence electrons. The Morgan fingerprint density at radius 1 is 0.909 bits per heavy atom. The zero-order chi connectivity index (χ0) is 22.5. The summed E-state index contributed by atoms with van der Waals surface area (Å²) in [6, 6.07) is 28.2. The molecule has 3 aromatic carbocycles. The minimum Gasteiger partial charge on any atom is -0.467 e. The molecule has 0 aromatic heterocycles. The van der Waals surface area contributed by atoms with E-state index in [1.807, 2.05) is 84.9 Å². The van der Waals surface area contributed by atoms with Crippen LogP contribution in [0, 0.1) is 11.8 Å². The number of oxime groups is 1. The van der Waals surface area contributed by atoms with Crippen molar-refractivity contribution < 1.29 is 14.4 Å². The van der Waals surface area contributed by atoms with Crippen molar-refractivity contribution in [3.05, 3.63) is 120 Å². The van der Waals surface area contributed by atoms with Crippen molar-refractivity contribution in [2.45, 2.75) is 24.7 Å². The van der Waals surface area contributed by atoms with Gasteiger partial charge in [-0.1, -0.05) is 83.7 Å². The minimum atomic E-state index is -0.560. The van der Waals surface area contributed by atoms with E-state index in [2.05, 4.69) is 17.0 Å². The van der Waals surface area contributed by atoms with Gasteiger partial charge in [-0.3, -0.25) is 9.69 Å². The molecule has 0 saturated heterocycles. The molecule has 33 heavy (non-hydrogen) atoms. The molecule has 0 saturated carbocycles. The van der Waals surface area contributed by atoms with Crippen LogP contribution in [0.15, 0.2) is 108 Å². The number of amides is 1. The molecule has 0 radical (unpaired) electrons. The topological polar surface area (TPSA) is 51.1 Å². The second-order valence-electron chi connectivity index (χ2n) is 7.80. The third kappa shape index (κ3) is 4.65. The summed E-state index contributed by atoms with van der Waals surface area (Å²) >= 11 is 0. The second kappa shape index (κ2) is 9.46. The summed E-state index contributed by atoms with van der Waals surface area (Å²) in [4.78, 5) is 20.8. The first kappa shape index (κ1) is 20.6. The number of rotatable bonds is 3. The molecular formula is C28H22N2O3. The van der Waals surface area contributed by atoms with Gasteiger partial charge >= 0.3 is 0 Å².